The van der Waals surface area contributed by atoms with E-state index in [9.17, 15) is 5.21 Å². The highest BCUT2D eigenvalue weighted by atomic mass is 16.7. The van der Waals surface area contributed by atoms with Crippen LogP contribution in [0.3, 0.4) is 0 Å². The summed E-state index contributed by atoms with van der Waals surface area (Å²) in [7, 11) is 1.28. The van der Waals surface area contributed by atoms with Crippen LogP contribution in [0.1, 0.15) is 5.82 Å². The van der Waals surface area contributed by atoms with Gasteiger partial charge in [-0.1, -0.05) is 5.16 Å². The lowest BCUT2D eigenvalue weighted by Gasteiger charge is -1.93. The van der Waals surface area contributed by atoms with Gasteiger partial charge in [0.15, 0.2) is 5.28 Å². The standard InChI is InChI=1S/C4H6N4O3/c1-10-7-8(9)2-4-5-3-11-6-4/h3H,2H2,1H3. The van der Waals surface area contributed by atoms with E-state index in [1.165, 1.54) is 7.11 Å². The zero-order valence-corrected chi connectivity index (χ0v) is 5.80. The van der Waals surface area contributed by atoms with Crippen molar-refractivity contribution in [2.45, 2.75) is 6.54 Å². The molecule has 0 bridgehead atoms. The van der Waals surface area contributed by atoms with E-state index in [2.05, 4.69) is 24.8 Å². The molecule has 0 unspecified atom stereocenters. The SMILES string of the molecule is CON=[N+]([O-])Cc1ncon1. The highest BCUT2D eigenvalue weighted by Crippen LogP contribution is 1.91. The molecule has 0 amide bonds. The van der Waals surface area contributed by atoms with E-state index in [4.69, 9.17) is 0 Å². The quantitative estimate of drug-likeness (QED) is 0.353. The summed E-state index contributed by atoms with van der Waals surface area (Å²) in [5.41, 5.74) is 0. The molecule has 1 rings (SSSR count). The van der Waals surface area contributed by atoms with Crippen molar-refractivity contribution >= 4 is 0 Å². The van der Waals surface area contributed by atoms with E-state index in [1.54, 1.807) is 0 Å². The van der Waals surface area contributed by atoms with Crippen LogP contribution in [-0.4, -0.2) is 22.1 Å². The van der Waals surface area contributed by atoms with Crippen molar-refractivity contribution in [3.8, 4) is 0 Å². The van der Waals surface area contributed by atoms with Gasteiger partial charge in [0, 0.05) is 0 Å². The van der Waals surface area contributed by atoms with Gasteiger partial charge in [-0.15, -0.1) is 0 Å². The van der Waals surface area contributed by atoms with Crippen molar-refractivity contribution in [2.75, 3.05) is 7.11 Å². The monoisotopic (exact) mass is 158 g/mol. The van der Waals surface area contributed by atoms with E-state index in [0.717, 1.165) is 6.39 Å². The fraction of sp³-hybridized carbons (Fsp3) is 0.500. The molecule has 0 saturated heterocycles. The van der Waals surface area contributed by atoms with Gasteiger partial charge in [0.2, 0.25) is 18.8 Å². The Morgan fingerprint density at radius 1 is 1.91 bits per heavy atom. The zero-order valence-electron chi connectivity index (χ0n) is 5.80. The lowest BCUT2D eigenvalue weighted by Crippen LogP contribution is -2.02. The lowest BCUT2D eigenvalue weighted by molar-refractivity contribution is -0.573. The van der Waals surface area contributed by atoms with Crippen LogP contribution >= 0.6 is 0 Å². The maximum absolute atomic E-state index is 10.6. The average Bonchev–Trinajstić information content (AvgIpc) is 2.40. The van der Waals surface area contributed by atoms with E-state index in [0.29, 0.717) is 4.86 Å². The summed E-state index contributed by atoms with van der Waals surface area (Å²) >= 11 is 0. The van der Waals surface area contributed by atoms with Crippen molar-refractivity contribution in [3.05, 3.63) is 17.4 Å². The molecule has 0 N–H and O–H groups in total. The molecule has 0 aliphatic carbocycles. The highest BCUT2D eigenvalue weighted by molar-refractivity contribution is 4.71. The first-order valence-electron chi connectivity index (χ1n) is 2.77. The Kier molecular flexibility index (Phi) is 2.37. The second kappa shape index (κ2) is 3.49. The molecule has 0 aromatic carbocycles. The summed E-state index contributed by atoms with van der Waals surface area (Å²) in [4.78, 5) is 8.12. The molecule has 7 nitrogen and oxygen atoms in total. The second-order valence-electron chi connectivity index (χ2n) is 1.62. The van der Waals surface area contributed by atoms with Crippen LogP contribution in [0, 0.1) is 5.21 Å². The Balaban J connectivity index is 2.50. The van der Waals surface area contributed by atoms with E-state index >= 15 is 0 Å². The van der Waals surface area contributed by atoms with E-state index in [-0.39, 0.29) is 12.4 Å². The number of hydrogen-bond donors (Lipinski definition) is 0. The van der Waals surface area contributed by atoms with Crippen molar-refractivity contribution < 1.29 is 14.2 Å². The molecule has 0 atom stereocenters. The Morgan fingerprint density at radius 2 is 2.73 bits per heavy atom. The third kappa shape index (κ3) is 2.20. The molecule has 1 heterocycles. The maximum atomic E-state index is 10.6. The predicted molar refractivity (Wildman–Crippen MR) is 31.1 cm³/mol. The summed E-state index contributed by atoms with van der Waals surface area (Å²) in [5, 5.41) is 17.1. The van der Waals surface area contributed by atoms with Crippen LogP contribution in [0.15, 0.2) is 16.2 Å². The van der Waals surface area contributed by atoms with Gasteiger partial charge in [0.05, 0.1) is 0 Å². The Labute approximate surface area is 61.8 Å². The third-order valence-corrected chi connectivity index (χ3v) is 0.856. The second-order valence-corrected chi connectivity index (χ2v) is 1.62. The number of rotatable bonds is 3. The van der Waals surface area contributed by atoms with Gasteiger partial charge in [0.1, 0.15) is 7.11 Å². The Bertz CT molecular complexity index is 231. The van der Waals surface area contributed by atoms with E-state index in [1.807, 2.05) is 0 Å². The summed E-state index contributed by atoms with van der Waals surface area (Å²) in [6, 6.07) is 0. The summed E-state index contributed by atoms with van der Waals surface area (Å²) in [5.74, 6) is 0.265. The normalized spacial score (nSPS) is 11.5. The fourth-order valence-corrected chi connectivity index (χ4v) is 0.503. The smallest absolute Gasteiger partial charge is 0.246 e. The minimum Gasteiger partial charge on any atom is -0.597 e. The van der Waals surface area contributed by atoms with Crippen LogP contribution in [0.5, 0.6) is 0 Å². The largest absolute Gasteiger partial charge is 0.597 e. The van der Waals surface area contributed by atoms with Gasteiger partial charge in [0.25, 0.3) is 0 Å². The predicted octanol–water partition coefficient (Wildman–Crippen LogP) is 0.0935. The van der Waals surface area contributed by atoms with Gasteiger partial charge in [-0.25, -0.2) is 0 Å². The Hall–Kier alpha value is -1.66. The molecule has 0 aliphatic rings. The van der Waals surface area contributed by atoms with Crippen molar-refractivity contribution in [3.63, 3.8) is 0 Å². The van der Waals surface area contributed by atoms with Gasteiger partial charge in [-0.3, -0.25) is 0 Å². The molecule has 0 fully saturated rings. The summed E-state index contributed by atoms with van der Waals surface area (Å²) in [6.45, 7) is -0.0790. The third-order valence-electron chi connectivity index (χ3n) is 0.856. The lowest BCUT2D eigenvalue weighted by atomic mass is 10.6. The molecule has 0 aliphatic heterocycles. The first-order chi connectivity index (χ1) is 5.33. The molecule has 1 aromatic heterocycles. The van der Waals surface area contributed by atoms with Crippen LogP contribution in [0.25, 0.3) is 0 Å². The van der Waals surface area contributed by atoms with Crippen LogP contribution in [0.4, 0.5) is 0 Å². The van der Waals surface area contributed by atoms with Crippen molar-refractivity contribution in [1.29, 1.82) is 0 Å². The summed E-state index contributed by atoms with van der Waals surface area (Å²) < 4.78 is 4.38. The number of aromatic nitrogens is 2. The van der Waals surface area contributed by atoms with Crippen molar-refractivity contribution in [1.82, 2.24) is 10.1 Å². The van der Waals surface area contributed by atoms with Crippen LogP contribution < -0.4 is 0 Å². The number of hydroxylamine groups is 1. The molecule has 0 spiro atoms. The number of nitrogens with zero attached hydrogens (tertiary/aromatic N) is 4. The Morgan fingerprint density at radius 3 is 3.27 bits per heavy atom. The molecule has 11 heavy (non-hydrogen) atoms. The summed E-state index contributed by atoms with van der Waals surface area (Å²) in [6.07, 6.45) is 1.13. The molecular weight excluding hydrogens is 152 g/mol. The first-order valence-corrected chi connectivity index (χ1v) is 2.77. The highest BCUT2D eigenvalue weighted by Gasteiger charge is 2.04. The molecule has 0 saturated carbocycles. The molecule has 1 aromatic rings. The van der Waals surface area contributed by atoms with Gasteiger partial charge < -0.3 is 14.6 Å². The molecule has 0 radical (unpaired) electrons. The average molecular weight is 158 g/mol. The van der Waals surface area contributed by atoms with E-state index < -0.39 is 0 Å². The topological polar surface area (TPSA) is 86.6 Å². The molecule has 7 heteroatoms. The zero-order chi connectivity index (χ0) is 8.10. The molecular formula is C4H6N4O3. The fourth-order valence-electron chi connectivity index (χ4n) is 0.503. The number of hydrogen-bond acceptors (Lipinski definition) is 6. The van der Waals surface area contributed by atoms with Gasteiger partial charge in [-0.05, 0) is 4.86 Å². The maximum Gasteiger partial charge on any atom is 0.246 e. The minimum absolute atomic E-state index is 0.0790. The van der Waals surface area contributed by atoms with Crippen LogP contribution in [-0.2, 0) is 11.4 Å². The van der Waals surface area contributed by atoms with Crippen molar-refractivity contribution in [2.24, 2.45) is 5.28 Å². The van der Waals surface area contributed by atoms with Gasteiger partial charge >= 0.3 is 0 Å². The minimum atomic E-state index is -0.0790. The van der Waals surface area contributed by atoms with Gasteiger partial charge in [-0.2, -0.15) is 4.98 Å². The first kappa shape index (κ1) is 7.45. The molecule has 60 valence electrons. The van der Waals surface area contributed by atoms with Crippen LogP contribution in [0.2, 0.25) is 0 Å².